The molecule has 3 aromatic heterocycles. The second kappa shape index (κ2) is 11.2. The molecule has 0 aliphatic rings. The summed E-state index contributed by atoms with van der Waals surface area (Å²) in [5, 5.41) is 0. The Bertz CT molecular complexity index is 787. The normalized spacial score (nSPS) is 8.69. The van der Waals surface area contributed by atoms with Crippen LogP contribution in [0.4, 0.5) is 0 Å². The summed E-state index contributed by atoms with van der Waals surface area (Å²) in [5.41, 5.74) is 5.95. The molecule has 0 fully saturated rings. The number of aromatic nitrogens is 3. The Morgan fingerprint density at radius 1 is 0.577 bits per heavy atom. The predicted octanol–water partition coefficient (Wildman–Crippen LogP) is 4.44. The van der Waals surface area contributed by atoms with Crippen LogP contribution < -0.4 is 0 Å². The van der Waals surface area contributed by atoms with E-state index in [1.165, 1.54) is 5.56 Å². The molecular formula is C23H23N3. The largest absolute Gasteiger partial charge is 0.261 e. The fourth-order valence-corrected chi connectivity index (χ4v) is 1.65. The fourth-order valence-electron chi connectivity index (χ4n) is 1.65. The molecule has 0 saturated heterocycles. The minimum atomic E-state index is 0.834. The van der Waals surface area contributed by atoms with Gasteiger partial charge in [-0.1, -0.05) is 17.9 Å². The van der Waals surface area contributed by atoms with E-state index in [2.05, 4.69) is 32.9 Å². The van der Waals surface area contributed by atoms with Gasteiger partial charge in [-0.3, -0.25) is 15.0 Å². The third kappa shape index (κ3) is 8.43. The average molecular weight is 341 g/mol. The molecule has 0 aromatic carbocycles. The smallest absolute Gasteiger partial charge is 0.0427 e. The van der Waals surface area contributed by atoms with Gasteiger partial charge in [-0.2, -0.15) is 0 Å². The van der Waals surface area contributed by atoms with Gasteiger partial charge in [0.2, 0.25) is 0 Å². The zero-order chi connectivity index (χ0) is 19.4. The molecule has 26 heavy (non-hydrogen) atoms. The third-order valence-corrected chi connectivity index (χ3v) is 3.22. The summed E-state index contributed by atoms with van der Waals surface area (Å²) >= 11 is 0. The molecule has 3 nitrogen and oxygen atoms in total. The van der Waals surface area contributed by atoms with Gasteiger partial charge in [-0.05, 0) is 63.6 Å². The van der Waals surface area contributed by atoms with Gasteiger partial charge in [0.15, 0.2) is 0 Å². The second-order valence-corrected chi connectivity index (χ2v) is 5.64. The summed E-state index contributed by atoms with van der Waals surface area (Å²) in [6.45, 7) is 7.88. The number of aryl methyl sites for hydroxylation is 4. The lowest BCUT2D eigenvalue weighted by molar-refractivity contribution is 1.17. The van der Waals surface area contributed by atoms with Crippen LogP contribution in [0.1, 0.15) is 33.8 Å². The van der Waals surface area contributed by atoms with Crippen LogP contribution >= 0.6 is 0 Å². The van der Waals surface area contributed by atoms with E-state index in [1.807, 2.05) is 64.2 Å². The average Bonchev–Trinajstić information content (AvgIpc) is 2.66. The third-order valence-electron chi connectivity index (χ3n) is 3.22. The number of rotatable bonds is 0. The first-order valence-electron chi connectivity index (χ1n) is 8.12. The SMILES string of the molecule is C#Cc1ccc(C)nc1.C#Cc1ccc(C)nc1.Cc1ccc(C)nc1. The highest BCUT2D eigenvalue weighted by atomic mass is 14.7. The molecule has 3 heteroatoms. The number of hydrogen-bond donors (Lipinski definition) is 0. The molecule has 0 atom stereocenters. The summed E-state index contributed by atoms with van der Waals surface area (Å²) in [5.74, 6) is 4.98. The first kappa shape index (κ1) is 20.6. The standard InChI is InChI=1S/2C8H7N.C7H9N/c2*1-3-8-5-4-7(2)9-6-8;1-6-3-4-7(2)8-5-6/h2*1,4-6H,2H3;3-5H,1-2H3. The molecule has 3 rings (SSSR count). The minimum absolute atomic E-state index is 0.834. The molecule has 0 aliphatic carbocycles. The minimum Gasteiger partial charge on any atom is -0.261 e. The zero-order valence-corrected chi connectivity index (χ0v) is 15.7. The van der Waals surface area contributed by atoms with Crippen molar-refractivity contribution in [2.24, 2.45) is 0 Å². The Kier molecular flexibility index (Phi) is 8.87. The molecule has 0 amide bonds. The summed E-state index contributed by atoms with van der Waals surface area (Å²) in [7, 11) is 0. The number of nitrogens with zero attached hydrogens (tertiary/aromatic N) is 3. The van der Waals surface area contributed by atoms with Crippen molar-refractivity contribution in [1.29, 1.82) is 0 Å². The van der Waals surface area contributed by atoms with Crippen molar-refractivity contribution >= 4 is 0 Å². The summed E-state index contributed by atoms with van der Waals surface area (Å²) in [4.78, 5) is 12.1. The molecule has 3 aromatic rings. The van der Waals surface area contributed by atoms with Crippen LogP contribution in [0.25, 0.3) is 0 Å². The topological polar surface area (TPSA) is 38.7 Å². The number of pyridine rings is 3. The molecule has 0 radical (unpaired) electrons. The van der Waals surface area contributed by atoms with Gasteiger partial charge in [0.05, 0.1) is 0 Å². The molecule has 0 aliphatic heterocycles. The van der Waals surface area contributed by atoms with Crippen LogP contribution in [0.3, 0.4) is 0 Å². The molecule has 130 valence electrons. The van der Waals surface area contributed by atoms with Crippen molar-refractivity contribution < 1.29 is 0 Å². The molecular weight excluding hydrogens is 318 g/mol. The van der Waals surface area contributed by atoms with Crippen LogP contribution in [-0.4, -0.2) is 15.0 Å². The summed E-state index contributed by atoms with van der Waals surface area (Å²) in [6, 6.07) is 11.6. The lowest BCUT2D eigenvalue weighted by Gasteiger charge is -1.89. The first-order valence-corrected chi connectivity index (χ1v) is 8.12. The maximum Gasteiger partial charge on any atom is 0.0427 e. The van der Waals surface area contributed by atoms with Crippen molar-refractivity contribution in [1.82, 2.24) is 15.0 Å². The fraction of sp³-hybridized carbons (Fsp3) is 0.174. The van der Waals surface area contributed by atoms with Crippen LogP contribution in [-0.2, 0) is 0 Å². The summed E-state index contributed by atoms with van der Waals surface area (Å²) < 4.78 is 0. The van der Waals surface area contributed by atoms with Crippen LogP contribution in [0.5, 0.6) is 0 Å². The van der Waals surface area contributed by atoms with Gasteiger partial charge in [-0.25, -0.2) is 0 Å². The van der Waals surface area contributed by atoms with E-state index in [0.717, 1.165) is 28.2 Å². The van der Waals surface area contributed by atoms with E-state index in [1.54, 1.807) is 12.4 Å². The van der Waals surface area contributed by atoms with E-state index in [9.17, 15) is 0 Å². The van der Waals surface area contributed by atoms with E-state index < -0.39 is 0 Å². The zero-order valence-electron chi connectivity index (χ0n) is 15.7. The Morgan fingerprint density at radius 2 is 0.962 bits per heavy atom. The van der Waals surface area contributed by atoms with Crippen molar-refractivity contribution in [2.75, 3.05) is 0 Å². The highest BCUT2D eigenvalue weighted by molar-refractivity contribution is 5.30. The van der Waals surface area contributed by atoms with Crippen molar-refractivity contribution in [3.63, 3.8) is 0 Å². The van der Waals surface area contributed by atoms with Gasteiger partial charge >= 0.3 is 0 Å². The Balaban J connectivity index is 0.000000195. The van der Waals surface area contributed by atoms with Gasteiger partial charge in [0.1, 0.15) is 0 Å². The maximum absolute atomic E-state index is 5.11. The van der Waals surface area contributed by atoms with Gasteiger partial charge in [0.25, 0.3) is 0 Å². The highest BCUT2D eigenvalue weighted by Gasteiger charge is 1.85. The van der Waals surface area contributed by atoms with Gasteiger partial charge in [0, 0.05) is 46.8 Å². The Morgan fingerprint density at radius 3 is 1.19 bits per heavy atom. The quantitative estimate of drug-likeness (QED) is 0.567. The predicted molar refractivity (Wildman–Crippen MR) is 108 cm³/mol. The molecule has 3 heterocycles. The van der Waals surface area contributed by atoms with E-state index in [0.29, 0.717) is 0 Å². The lowest BCUT2D eigenvalue weighted by Crippen LogP contribution is -1.79. The van der Waals surface area contributed by atoms with Crippen LogP contribution in [0, 0.1) is 52.4 Å². The lowest BCUT2D eigenvalue weighted by atomic mass is 10.3. The molecule has 0 bridgehead atoms. The van der Waals surface area contributed by atoms with Crippen molar-refractivity contribution in [3.8, 4) is 24.7 Å². The van der Waals surface area contributed by atoms with E-state index in [-0.39, 0.29) is 0 Å². The Labute approximate surface area is 156 Å². The summed E-state index contributed by atoms with van der Waals surface area (Å²) in [6.07, 6.45) is 15.5. The monoisotopic (exact) mass is 341 g/mol. The number of terminal acetylenes is 2. The van der Waals surface area contributed by atoms with E-state index >= 15 is 0 Å². The van der Waals surface area contributed by atoms with Gasteiger partial charge < -0.3 is 0 Å². The van der Waals surface area contributed by atoms with E-state index in [4.69, 9.17) is 12.8 Å². The second-order valence-electron chi connectivity index (χ2n) is 5.64. The molecule has 0 unspecified atom stereocenters. The number of hydrogen-bond acceptors (Lipinski definition) is 3. The van der Waals surface area contributed by atoms with Gasteiger partial charge in [-0.15, -0.1) is 12.8 Å². The molecule has 0 saturated carbocycles. The highest BCUT2D eigenvalue weighted by Crippen LogP contribution is 1.96. The first-order chi connectivity index (χ1) is 12.4. The Hall–Kier alpha value is -3.43. The maximum atomic E-state index is 5.11. The van der Waals surface area contributed by atoms with Crippen LogP contribution in [0.15, 0.2) is 55.0 Å². The van der Waals surface area contributed by atoms with Crippen molar-refractivity contribution in [3.05, 3.63) is 88.8 Å². The molecule has 0 N–H and O–H groups in total. The van der Waals surface area contributed by atoms with Crippen LogP contribution in [0.2, 0.25) is 0 Å². The van der Waals surface area contributed by atoms with Crippen molar-refractivity contribution in [2.45, 2.75) is 27.7 Å². The molecule has 0 spiro atoms.